The molecule has 0 aliphatic carbocycles. The normalized spacial score (nSPS) is 22.1. The molecular formula is C14H25NO6S. The van der Waals surface area contributed by atoms with Gasteiger partial charge >= 0.3 is 12.1 Å². The van der Waals surface area contributed by atoms with E-state index in [1.807, 2.05) is 13.8 Å². The Labute approximate surface area is 135 Å². The molecule has 0 aromatic rings. The van der Waals surface area contributed by atoms with E-state index in [9.17, 15) is 9.59 Å². The summed E-state index contributed by atoms with van der Waals surface area (Å²) in [5.41, 5.74) is -0.666. The number of carboxylic acids is 1. The molecule has 8 heteroatoms. The lowest BCUT2D eigenvalue weighted by molar-refractivity contribution is -0.139. The van der Waals surface area contributed by atoms with Gasteiger partial charge in [0.05, 0.1) is 12.7 Å². The summed E-state index contributed by atoms with van der Waals surface area (Å²) in [6, 6.07) is -1.00. The van der Waals surface area contributed by atoms with Crippen molar-refractivity contribution in [2.75, 3.05) is 18.1 Å². The molecule has 2 N–H and O–H groups in total. The predicted octanol–water partition coefficient (Wildman–Crippen LogP) is 1.85. The smallest absolute Gasteiger partial charge is 0.408 e. The Hall–Kier alpha value is -0.990. The van der Waals surface area contributed by atoms with Crippen LogP contribution in [0.4, 0.5) is 4.79 Å². The topological polar surface area (TPSA) is 94.1 Å². The lowest BCUT2D eigenvalue weighted by Crippen LogP contribution is -2.45. The van der Waals surface area contributed by atoms with Crippen LogP contribution in [0.25, 0.3) is 0 Å². The van der Waals surface area contributed by atoms with Gasteiger partial charge < -0.3 is 24.6 Å². The molecule has 1 aliphatic heterocycles. The van der Waals surface area contributed by atoms with Gasteiger partial charge in [0, 0.05) is 11.5 Å². The largest absolute Gasteiger partial charge is 0.480 e. The number of rotatable bonds is 6. The van der Waals surface area contributed by atoms with E-state index in [0.29, 0.717) is 12.4 Å². The molecule has 2 atom stereocenters. The second-order valence-corrected chi connectivity index (χ2v) is 7.60. The first-order valence-corrected chi connectivity index (χ1v) is 8.26. The summed E-state index contributed by atoms with van der Waals surface area (Å²) < 4.78 is 16.1. The van der Waals surface area contributed by atoms with Crippen LogP contribution >= 0.6 is 11.8 Å². The maximum atomic E-state index is 11.6. The lowest BCUT2D eigenvalue weighted by atomic mass is 10.2. The van der Waals surface area contributed by atoms with E-state index in [2.05, 4.69) is 5.32 Å². The van der Waals surface area contributed by atoms with E-state index in [1.54, 1.807) is 20.8 Å². The second-order valence-electron chi connectivity index (χ2n) is 6.53. The van der Waals surface area contributed by atoms with Crippen LogP contribution in [-0.4, -0.2) is 58.8 Å². The number of hydrogen-bond donors (Lipinski definition) is 2. The molecule has 1 amide bonds. The number of ether oxygens (including phenoxy) is 3. The van der Waals surface area contributed by atoms with Crippen LogP contribution in [0.1, 0.15) is 34.6 Å². The van der Waals surface area contributed by atoms with Crippen molar-refractivity contribution in [1.82, 2.24) is 5.32 Å². The minimum absolute atomic E-state index is 0.0732. The summed E-state index contributed by atoms with van der Waals surface area (Å²) >= 11 is 1.39. The van der Waals surface area contributed by atoms with Crippen molar-refractivity contribution in [2.24, 2.45) is 0 Å². The van der Waals surface area contributed by atoms with E-state index in [4.69, 9.17) is 19.3 Å². The van der Waals surface area contributed by atoms with Crippen molar-refractivity contribution in [3.8, 4) is 0 Å². The highest BCUT2D eigenvalue weighted by Crippen LogP contribution is 2.24. The van der Waals surface area contributed by atoms with Crippen molar-refractivity contribution in [1.29, 1.82) is 0 Å². The molecule has 1 heterocycles. The van der Waals surface area contributed by atoms with Gasteiger partial charge in [0.2, 0.25) is 0 Å². The lowest BCUT2D eigenvalue weighted by Gasteiger charge is -2.22. The highest BCUT2D eigenvalue weighted by molar-refractivity contribution is 7.99. The molecule has 0 bridgehead atoms. The summed E-state index contributed by atoms with van der Waals surface area (Å²) in [5.74, 6) is -0.855. The molecule has 1 rings (SSSR count). The Balaban J connectivity index is 2.36. The number of aliphatic carboxylic acids is 1. The zero-order valence-electron chi connectivity index (χ0n) is 13.7. The second kappa shape index (κ2) is 7.52. The highest BCUT2D eigenvalue weighted by atomic mass is 32.2. The zero-order valence-corrected chi connectivity index (χ0v) is 14.5. The van der Waals surface area contributed by atoms with E-state index in [1.165, 1.54) is 11.8 Å². The van der Waals surface area contributed by atoms with Crippen LogP contribution < -0.4 is 5.32 Å². The Bertz CT molecular complexity index is 407. The average Bonchev–Trinajstić information content (AvgIpc) is 2.65. The van der Waals surface area contributed by atoms with Gasteiger partial charge in [0.15, 0.2) is 5.79 Å². The predicted molar refractivity (Wildman–Crippen MR) is 83.0 cm³/mol. The fourth-order valence-corrected chi connectivity index (χ4v) is 2.81. The first kappa shape index (κ1) is 19.1. The summed E-state index contributed by atoms with van der Waals surface area (Å²) in [7, 11) is 0. The van der Waals surface area contributed by atoms with Gasteiger partial charge in [-0.3, -0.25) is 0 Å². The number of nitrogens with one attached hydrogen (secondary N) is 1. The van der Waals surface area contributed by atoms with Crippen LogP contribution in [-0.2, 0) is 19.0 Å². The van der Waals surface area contributed by atoms with E-state index >= 15 is 0 Å². The van der Waals surface area contributed by atoms with E-state index in [0.717, 1.165) is 0 Å². The van der Waals surface area contributed by atoms with Gasteiger partial charge in [-0.1, -0.05) is 0 Å². The molecular weight excluding hydrogens is 310 g/mol. The number of carboxylic acid groups (broad SMARTS) is 1. The van der Waals surface area contributed by atoms with Gasteiger partial charge in [-0.05, 0) is 34.6 Å². The molecule has 1 saturated heterocycles. The third kappa shape index (κ3) is 7.33. The van der Waals surface area contributed by atoms with Gasteiger partial charge in [-0.15, -0.1) is 0 Å². The summed E-state index contributed by atoms with van der Waals surface area (Å²) in [6.07, 6.45) is -0.807. The van der Waals surface area contributed by atoms with Crippen molar-refractivity contribution in [2.45, 2.75) is 58.2 Å². The zero-order chi connectivity index (χ0) is 17.0. The number of alkyl carbamates (subject to hydrolysis) is 1. The molecule has 0 spiro atoms. The van der Waals surface area contributed by atoms with Crippen LogP contribution in [0, 0.1) is 0 Å². The van der Waals surface area contributed by atoms with Crippen molar-refractivity contribution < 1.29 is 28.9 Å². The Morgan fingerprint density at radius 1 is 1.45 bits per heavy atom. The van der Waals surface area contributed by atoms with E-state index in [-0.39, 0.29) is 11.9 Å². The first-order valence-electron chi connectivity index (χ1n) is 7.10. The third-order valence-electron chi connectivity index (χ3n) is 2.64. The number of hydrogen-bond acceptors (Lipinski definition) is 6. The van der Waals surface area contributed by atoms with Crippen LogP contribution in [0.3, 0.4) is 0 Å². The molecule has 0 saturated carbocycles. The summed E-state index contributed by atoms with van der Waals surface area (Å²) in [5, 5.41) is 11.5. The highest BCUT2D eigenvalue weighted by Gasteiger charge is 2.33. The first-order chi connectivity index (χ1) is 9.98. The molecule has 0 aromatic carbocycles. The SMILES string of the molecule is CC(C)(C)OC(=O)NC(CSCC1COC(C)(C)O1)C(=O)O. The standard InChI is InChI=1S/C14H25NO6S/c1-13(2,3)21-12(18)15-10(11(16)17)8-22-7-9-6-19-14(4,5)20-9/h9-10H,6-8H2,1-5H3,(H,15,18)(H,16,17). The fourth-order valence-electron chi connectivity index (χ4n) is 1.79. The number of carbonyl (C=O) groups is 2. The van der Waals surface area contributed by atoms with Crippen LogP contribution in [0.5, 0.6) is 0 Å². The molecule has 2 unspecified atom stereocenters. The Morgan fingerprint density at radius 2 is 2.09 bits per heavy atom. The quantitative estimate of drug-likeness (QED) is 0.765. The van der Waals surface area contributed by atoms with Gasteiger partial charge in [0.25, 0.3) is 0 Å². The van der Waals surface area contributed by atoms with Crippen molar-refractivity contribution in [3.05, 3.63) is 0 Å². The molecule has 128 valence electrons. The van der Waals surface area contributed by atoms with Gasteiger partial charge in [0.1, 0.15) is 11.6 Å². The number of thioether (sulfide) groups is 1. The molecule has 7 nitrogen and oxygen atoms in total. The van der Waals surface area contributed by atoms with Gasteiger partial charge in [-0.25, -0.2) is 9.59 Å². The summed E-state index contributed by atoms with van der Waals surface area (Å²) in [4.78, 5) is 22.8. The molecule has 0 radical (unpaired) electrons. The summed E-state index contributed by atoms with van der Waals surface area (Å²) in [6.45, 7) is 9.31. The maximum Gasteiger partial charge on any atom is 0.408 e. The number of amides is 1. The minimum atomic E-state index is -1.10. The third-order valence-corrected chi connectivity index (χ3v) is 3.82. The fraction of sp³-hybridized carbons (Fsp3) is 0.857. The Kier molecular flexibility index (Phi) is 6.51. The Morgan fingerprint density at radius 3 is 2.55 bits per heavy atom. The van der Waals surface area contributed by atoms with Crippen molar-refractivity contribution >= 4 is 23.8 Å². The van der Waals surface area contributed by atoms with Crippen LogP contribution in [0.2, 0.25) is 0 Å². The van der Waals surface area contributed by atoms with Gasteiger partial charge in [-0.2, -0.15) is 11.8 Å². The van der Waals surface area contributed by atoms with E-state index < -0.39 is 29.5 Å². The molecule has 22 heavy (non-hydrogen) atoms. The monoisotopic (exact) mass is 335 g/mol. The minimum Gasteiger partial charge on any atom is -0.480 e. The van der Waals surface area contributed by atoms with Crippen molar-refractivity contribution in [3.63, 3.8) is 0 Å². The molecule has 1 aliphatic rings. The maximum absolute atomic E-state index is 11.6. The average molecular weight is 335 g/mol. The number of carbonyl (C=O) groups excluding carboxylic acids is 1. The molecule has 1 fully saturated rings. The van der Waals surface area contributed by atoms with Crippen LogP contribution in [0.15, 0.2) is 0 Å². The molecule has 0 aromatic heterocycles.